The standard InChI is InChI=1S/C19H15ClF6N4O/c1-29-15(11-6-7-30(10-3-4-10)16(31)14(11)28-29)17(27,19(24,25)26)9-2-5-12(13(20)8-9)18(21,22)23/h2,5-8,10H,3-4,27H2,1H3/t17-/m0/s1. The molecule has 2 aromatic heterocycles. The van der Waals surface area contributed by atoms with Gasteiger partial charge in [-0.25, -0.2) is 0 Å². The molecule has 0 amide bonds. The molecule has 1 aliphatic rings. The zero-order chi connectivity index (χ0) is 22.9. The second-order valence-corrected chi connectivity index (χ2v) is 7.90. The molecule has 1 aliphatic carbocycles. The third-order valence-electron chi connectivity index (χ3n) is 5.41. The Morgan fingerprint density at radius 2 is 1.77 bits per heavy atom. The van der Waals surface area contributed by atoms with Gasteiger partial charge in [0.15, 0.2) is 11.1 Å². The lowest BCUT2D eigenvalue weighted by atomic mass is 9.84. The SMILES string of the molecule is Cn1nc2c(=O)n(C3CC3)ccc2c1[C@@](N)(c1ccc(C(F)(F)F)c(Cl)c1)C(F)(F)F. The Labute approximate surface area is 176 Å². The van der Waals surface area contributed by atoms with Crippen LogP contribution >= 0.6 is 11.6 Å². The first-order chi connectivity index (χ1) is 14.3. The number of hydrogen-bond acceptors (Lipinski definition) is 3. The number of aryl methyl sites for hydroxylation is 1. The van der Waals surface area contributed by atoms with Crippen molar-refractivity contribution in [3.05, 3.63) is 62.7 Å². The molecular weight excluding hydrogens is 450 g/mol. The summed E-state index contributed by atoms with van der Waals surface area (Å²) in [7, 11) is 1.19. The number of hydrogen-bond donors (Lipinski definition) is 1. The Morgan fingerprint density at radius 1 is 1.13 bits per heavy atom. The normalized spacial score (nSPS) is 17.2. The van der Waals surface area contributed by atoms with Crippen molar-refractivity contribution < 1.29 is 26.3 Å². The number of pyridine rings is 1. The number of nitrogens with two attached hydrogens (primary N) is 1. The predicted molar refractivity (Wildman–Crippen MR) is 101 cm³/mol. The summed E-state index contributed by atoms with van der Waals surface area (Å²) in [5.41, 5.74) is -0.735. The number of fused-ring (bicyclic) bond motifs is 1. The first-order valence-corrected chi connectivity index (χ1v) is 9.45. The van der Waals surface area contributed by atoms with Gasteiger partial charge in [0.1, 0.15) is 0 Å². The van der Waals surface area contributed by atoms with Crippen molar-refractivity contribution in [2.24, 2.45) is 12.8 Å². The molecule has 2 heterocycles. The van der Waals surface area contributed by atoms with Crippen molar-refractivity contribution in [2.75, 3.05) is 0 Å². The van der Waals surface area contributed by atoms with Crippen LogP contribution in [0, 0.1) is 0 Å². The maximum absolute atomic E-state index is 14.3. The molecule has 0 aliphatic heterocycles. The topological polar surface area (TPSA) is 65.8 Å². The molecule has 31 heavy (non-hydrogen) atoms. The second kappa shape index (κ2) is 6.73. The van der Waals surface area contributed by atoms with E-state index in [9.17, 15) is 31.1 Å². The fourth-order valence-corrected chi connectivity index (χ4v) is 4.02. The van der Waals surface area contributed by atoms with Gasteiger partial charge in [-0.3, -0.25) is 9.48 Å². The van der Waals surface area contributed by atoms with E-state index >= 15 is 0 Å². The van der Waals surface area contributed by atoms with Crippen molar-refractivity contribution in [3.8, 4) is 0 Å². The molecule has 0 unspecified atom stereocenters. The highest BCUT2D eigenvalue weighted by Gasteiger charge is 2.57. The van der Waals surface area contributed by atoms with Crippen molar-refractivity contribution in [3.63, 3.8) is 0 Å². The molecule has 1 atom stereocenters. The molecule has 2 N–H and O–H groups in total. The minimum absolute atomic E-state index is 0.0266. The third-order valence-corrected chi connectivity index (χ3v) is 5.73. The number of rotatable bonds is 3. The molecule has 12 heteroatoms. The molecule has 1 aromatic carbocycles. The van der Waals surface area contributed by atoms with Crippen LogP contribution in [0.3, 0.4) is 0 Å². The van der Waals surface area contributed by atoms with E-state index in [1.807, 2.05) is 0 Å². The quantitative estimate of drug-likeness (QED) is 0.580. The fourth-order valence-electron chi connectivity index (χ4n) is 3.73. The molecule has 1 saturated carbocycles. The van der Waals surface area contributed by atoms with Gasteiger partial charge in [-0.1, -0.05) is 17.7 Å². The molecule has 3 aromatic rings. The lowest BCUT2D eigenvalue weighted by Gasteiger charge is -2.33. The average molecular weight is 465 g/mol. The Bertz CT molecular complexity index is 1240. The monoisotopic (exact) mass is 464 g/mol. The van der Waals surface area contributed by atoms with E-state index in [2.05, 4.69) is 5.10 Å². The first-order valence-electron chi connectivity index (χ1n) is 9.08. The van der Waals surface area contributed by atoms with E-state index in [0.717, 1.165) is 17.5 Å². The van der Waals surface area contributed by atoms with Gasteiger partial charge in [0.25, 0.3) is 5.56 Å². The number of alkyl halides is 6. The summed E-state index contributed by atoms with van der Waals surface area (Å²) < 4.78 is 84.3. The van der Waals surface area contributed by atoms with Crippen LogP contribution in [0.4, 0.5) is 26.3 Å². The van der Waals surface area contributed by atoms with Crippen LogP contribution < -0.4 is 11.3 Å². The molecular formula is C19H15ClF6N4O. The maximum atomic E-state index is 14.3. The summed E-state index contributed by atoms with van der Waals surface area (Å²) >= 11 is 5.66. The molecule has 4 rings (SSSR count). The minimum Gasteiger partial charge on any atom is -0.311 e. The van der Waals surface area contributed by atoms with Crippen LogP contribution in [0.5, 0.6) is 0 Å². The first kappa shape index (κ1) is 21.7. The zero-order valence-electron chi connectivity index (χ0n) is 15.9. The van der Waals surface area contributed by atoms with Gasteiger partial charge < -0.3 is 10.3 Å². The van der Waals surface area contributed by atoms with Crippen molar-refractivity contribution in [2.45, 2.75) is 36.8 Å². The summed E-state index contributed by atoms with van der Waals surface area (Å²) in [6.07, 6.45) is -7.07. The molecule has 0 radical (unpaired) electrons. The van der Waals surface area contributed by atoms with E-state index in [1.165, 1.54) is 23.9 Å². The average Bonchev–Trinajstić information content (AvgIpc) is 3.41. The molecule has 0 bridgehead atoms. The van der Waals surface area contributed by atoms with Crippen LogP contribution in [-0.2, 0) is 18.8 Å². The highest BCUT2D eigenvalue weighted by Crippen LogP contribution is 2.46. The highest BCUT2D eigenvalue weighted by atomic mass is 35.5. The lowest BCUT2D eigenvalue weighted by Crippen LogP contribution is -2.52. The van der Waals surface area contributed by atoms with Gasteiger partial charge >= 0.3 is 12.4 Å². The van der Waals surface area contributed by atoms with Gasteiger partial charge in [0.2, 0.25) is 0 Å². The lowest BCUT2D eigenvalue weighted by molar-refractivity contribution is -0.178. The van der Waals surface area contributed by atoms with E-state index in [0.29, 0.717) is 18.2 Å². The predicted octanol–water partition coefficient (Wildman–Crippen LogP) is 4.51. The maximum Gasteiger partial charge on any atom is 0.417 e. The van der Waals surface area contributed by atoms with Crippen molar-refractivity contribution in [1.29, 1.82) is 0 Å². The largest absolute Gasteiger partial charge is 0.417 e. The Balaban J connectivity index is 1.99. The van der Waals surface area contributed by atoms with Gasteiger partial charge in [-0.05, 0) is 36.6 Å². The summed E-state index contributed by atoms with van der Waals surface area (Å²) in [6.45, 7) is 0. The van der Waals surface area contributed by atoms with E-state index in [4.69, 9.17) is 17.3 Å². The van der Waals surface area contributed by atoms with E-state index in [1.54, 1.807) is 0 Å². The number of halogens is 7. The highest BCUT2D eigenvalue weighted by molar-refractivity contribution is 6.31. The fraction of sp³-hybridized carbons (Fsp3) is 0.368. The molecule has 166 valence electrons. The minimum atomic E-state index is -5.15. The van der Waals surface area contributed by atoms with Crippen LogP contribution in [0.25, 0.3) is 10.9 Å². The molecule has 0 saturated heterocycles. The van der Waals surface area contributed by atoms with Gasteiger partial charge in [0, 0.05) is 24.7 Å². The summed E-state index contributed by atoms with van der Waals surface area (Å²) in [5, 5.41) is 2.90. The Morgan fingerprint density at radius 3 is 2.29 bits per heavy atom. The van der Waals surface area contributed by atoms with E-state index in [-0.39, 0.29) is 16.9 Å². The number of benzene rings is 1. The second-order valence-electron chi connectivity index (χ2n) is 7.49. The smallest absolute Gasteiger partial charge is 0.311 e. The molecule has 5 nitrogen and oxygen atoms in total. The number of nitrogens with zero attached hydrogens (tertiary/aromatic N) is 3. The van der Waals surface area contributed by atoms with Crippen LogP contribution in [0.1, 0.15) is 35.7 Å². The molecule has 0 spiro atoms. The van der Waals surface area contributed by atoms with Crippen LogP contribution in [0.15, 0.2) is 35.3 Å². The van der Waals surface area contributed by atoms with Gasteiger partial charge in [0.05, 0.1) is 16.3 Å². The summed E-state index contributed by atoms with van der Waals surface area (Å²) in [5.74, 6) is 0. The van der Waals surface area contributed by atoms with Crippen molar-refractivity contribution in [1.82, 2.24) is 14.3 Å². The van der Waals surface area contributed by atoms with Crippen molar-refractivity contribution >= 4 is 22.5 Å². The van der Waals surface area contributed by atoms with Gasteiger partial charge in [-0.15, -0.1) is 0 Å². The van der Waals surface area contributed by atoms with Gasteiger partial charge in [-0.2, -0.15) is 31.4 Å². The van der Waals surface area contributed by atoms with E-state index < -0.39 is 45.3 Å². The Hall–Kier alpha value is -2.53. The van der Waals surface area contributed by atoms with Crippen LogP contribution in [-0.4, -0.2) is 20.5 Å². The summed E-state index contributed by atoms with van der Waals surface area (Å²) in [6, 6.07) is 2.91. The summed E-state index contributed by atoms with van der Waals surface area (Å²) in [4.78, 5) is 12.7. The molecule has 1 fully saturated rings. The third kappa shape index (κ3) is 3.30. The zero-order valence-corrected chi connectivity index (χ0v) is 16.6. The van der Waals surface area contributed by atoms with Crippen LogP contribution in [0.2, 0.25) is 5.02 Å². The number of aromatic nitrogens is 3. The Kier molecular flexibility index (Phi) is 4.71.